The molecule has 4 nitrogen and oxygen atoms in total. The van der Waals surface area contributed by atoms with E-state index in [0.29, 0.717) is 6.42 Å². The number of benzene rings is 1. The smallest absolute Gasteiger partial charge is 0.225 e. The van der Waals surface area contributed by atoms with Crippen molar-refractivity contribution in [2.45, 2.75) is 38.0 Å². The summed E-state index contributed by atoms with van der Waals surface area (Å²) in [5.41, 5.74) is 2.19. The second-order valence-corrected chi connectivity index (χ2v) is 5.59. The third-order valence-electron chi connectivity index (χ3n) is 4.36. The summed E-state index contributed by atoms with van der Waals surface area (Å²) in [5.74, 6) is 0.0678. The Morgan fingerprint density at radius 2 is 2.21 bits per heavy atom. The molecule has 1 aliphatic heterocycles. The largest absolute Gasteiger partial charge is 0.390 e. The summed E-state index contributed by atoms with van der Waals surface area (Å²) in [7, 11) is 0. The SMILES string of the molecule is CC1NCCC1C(=O)N[C@H]1c2ccccc2C[C@H]1O. The molecule has 1 amide bonds. The van der Waals surface area contributed by atoms with Crippen molar-refractivity contribution in [1.82, 2.24) is 10.6 Å². The van der Waals surface area contributed by atoms with Gasteiger partial charge in [-0.25, -0.2) is 0 Å². The molecule has 2 aliphatic rings. The lowest BCUT2D eigenvalue weighted by atomic mass is 9.99. The zero-order valence-electron chi connectivity index (χ0n) is 11.1. The van der Waals surface area contributed by atoms with Crippen LogP contribution in [0.5, 0.6) is 0 Å². The Bertz CT molecular complexity index is 489. The van der Waals surface area contributed by atoms with Crippen LogP contribution in [-0.4, -0.2) is 29.7 Å². The molecule has 0 saturated carbocycles. The van der Waals surface area contributed by atoms with E-state index < -0.39 is 6.10 Å². The zero-order chi connectivity index (χ0) is 13.4. The molecule has 0 aromatic heterocycles. The number of aliphatic hydroxyl groups excluding tert-OH is 1. The Balaban J connectivity index is 1.75. The number of nitrogens with one attached hydrogen (secondary N) is 2. The van der Waals surface area contributed by atoms with Gasteiger partial charge in [0.25, 0.3) is 0 Å². The summed E-state index contributed by atoms with van der Waals surface area (Å²) >= 11 is 0. The van der Waals surface area contributed by atoms with Crippen molar-refractivity contribution in [3.63, 3.8) is 0 Å². The van der Waals surface area contributed by atoms with E-state index in [9.17, 15) is 9.90 Å². The second-order valence-electron chi connectivity index (χ2n) is 5.59. The first-order chi connectivity index (χ1) is 9.16. The average molecular weight is 260 g/mol. The van der Waals surface area contributed by atoms with Crippen molar-refractivity contribution in [3.05, 3.63) is 35.4 Å². The number of fused-ring (bicyclic) bond motifs is 1. The molecule has 1 aliphatic carbocycles. The molecule has 3 rings (SSSR count). The fourth-order valence-electron chi connectivity index (χ4n) is 3.23. The van der Waals surface area contributed by atoms with Gasteiger partial charge in [0, 0.05) is 12.5 Å². The fraction of sp³-hybridized carbons (Fsp3) is 0.533. The Labute approximate surface area is 113 Å². The number of carbonyl (C=O) groups is 1. The molecule has 1 saturated heterocycles. The van der Waals surface area contributed by atoms with E-state index in [1.807, 2.05) is 31.2 Å². The maximum atomic E-state index is 12.3. The van der Waals surface area contributed by atoms with Crippen LogP contribution in [0, 0.1) is 5.92 Å². The van der Waals surface area contributed by atoms with E-state index in [-0.39, 0.29) is 23.9 Å². The Kier molecular flexibility index (Phi) is 3.29. The van der Waals surface area contributed by atoms with Crippen LogP contribution in [0.1, 0.15) is 30.5 Å². The third kappa shape index (κ3) is 2.26. The van der Waals surface area contributed by atoms with Gasteiger partial charge in [-0.3, -0.25) is 4.79 Å². The van der Waals surface area contributed by atoms with Crippen LogP contribution in [0.2, 0.25) is 0 Å². The molecule has 102 valence electrons. The van der Waals surface area contributed by atoms with Gasteiger partial charge < -0.3 is 15.7 Å². The molecule has 0 radical (unpaired) electrons. The fourth-order valence-corrected chi connectivity index (χ4v) is 3.23. The predicted octanol–water partition coefficient (Wildman–Crippen LogP) is 0.759. The average Bonchev–Trinajstić information content (AvgIpc) is 2.94. The van der Waals surface area contributed by atoms with Gasteiger partial charge in [0.2, 0.25) is 5.91 Å². The molecule has 4 atom stereocenters. The van der Waals surface area contributed by atoms with Crippen LogP contribution in [0.3, 0.4) is 0 Å². The molecule has 1 heterocycles. The lowest BCUT2D eigenvalue weighted by Gasteiger charge is -2.22. The van der Waals surface area contributed by atoms with Gasteiger partial charge in [0.1, 0.15) is 0 Å². The number of amides is 1. The molecule has 1 aromatic carbocycles. The molecule has 1 fully saturated rings. The second kappa shape index (κ2) is 4.94. The minimum Gasteiger partial charge on any atom is -0.390 e. The van der Waals surface area contributed by atoms with Gasteiger partial charge in [-0.1, -0.05) is 24.3 Å². The van der Waals surface area contributed by atoms with E-state index in [4.69, 9.17) is 0 Å². The van der Waals surface area contributed by atoms with Crippen molar-refractivity contribution in [2.75, 3.05) is 6.54 Å². The van der Waals surface area contributed by atoms with Crippen LogP contribution < -0.4 is 10.6 Å². The molecular weight excluding hydrogens is 240 g/mol. The normalized spacial score (nSPS) is 33.2. The third-order valence-corrected chi connectivity index (χ3v) is 4.36. The standard InChI is InChI=1S/C15H20N2O2/c1-9-11(6-7-16-9)15(19)17-14-12-5-3-2-4-10(12)8-13(14)18/h2-5,9,11,13-14,16,18H,6-8H2,1H3,(H,17,19)/t9?,11?,13-,14+/m1/s1. The van der Waals surface area contributed by atoms with E-state index in [2.05, 4.69) is 10.6 Å². The molecule has 0 spiro atoms. The first-order valence-electron chi connectivity index (χ1n) is 6.96. The highest BCUT2D eigenvalue weighted by Crippen LogP contribution is 2.31. The Morgan fingerprint density at radius 3 is 2.95 bits per heavy atom. The first kappa shape index (κ1) is 12.6. The molecular formula is C15H20N2O2. The lowest BCUT2D eigenvalue weighted by Crippen LogP contribution is -2.41. The quantitative estimate of drug-likeness (QED) is 0.735. The monoisotopic (exact) mass is 260 g/mol. The predicted molar refractivity (Wildman–Crippen MR) is 72.6 cm³/mol. The number of aliphatic hydroxyl groups is 1. The minimum absolute atomic E-state index is 0.0139. The molecule has 3 N–H and O–H groups in total. The Hall–Kier alpha value is -1.39. The molecule has 1 aromatic rings. The highest BCUT2D eigenvalue weighted by molar-refractivity contribution is 5.80. The molecule has 0 bridgehead atoms. The molecule has 2 unspecified atom stereocenters. The maximum absolute atomic E-state index is 12.3. The Morgan fingerprint density at radius 1 is 1.42 bits per heavy atom. The summed E-state index contributed by atoms with van der Waals surface area (Å²) in [6, 6.07) is 7.90. The highest BCUT2D eigenvalue weighted by Gasteiger charge is 2.35. The topological polar surface area (TPSA) is 61.4 Å². The maximum Gasteiger partial charge on any atom is 0.225 e. The minimum atomic E-state index is -0.508. The number of hydrogen-bond donors (Lipinski definition) is 3. The lowest BCUT2D eigenvalue weighted by molar-refractivity contribution is -0.126. The number of carbonyl (C=O) groups excluding carboxylic acids is 1. The van der Waals surface area contributed by atoms with Crippen molar-refractivity contribution in [2.24, 2.45) is 5.92 Å². The van der Waals surface area contributed by atoms with Crippen molar-refractivity contribution in [3.8, 4) is 0 Å². The number of rotatable bonds is 2. The van der Waals surface area contributed by atoms with Gasteiger partial charge in [-0.15, -0.1) is 0 Å². The van der Waals surface area contributed by atoms with E-state index in [1.54, 1.807) is 0 Å². The van der Waals surface area contributed by atoms with Gasteiger partial charge in [0.05, 0.1) is 18.1 Å². The van der Waals surface area contributed by atoms with Gasteiger partial charge in [-0.2, -0.15) is 0 Å². The summed E-state index contributed by atoms with van der Waals surface area (Å²) in [6.45, 7) is 2.93. The summed E-state index contributed by atoms with van der Waals surface area (Å²) in [5, 5.41) is 16.4. The molecule has 4 heteroatoms. The highest BCUT2D eigenvalue weighted by atomic mass is 16.3. The van der Waals surface area contributed by atoms with E-state index in [0.717, 1.165) is 24.1 Å². The van der Waals surface area contributed by atoms with Crippen molar-refractivity contribution < 1.29 is 9.90 Å². The van der Waals surface area contributed by atoms with Crippen LogP contribution in [0.25, 0.3) is 0 Å². The van der Waals surface area contributed by atoms with Crippen molar-refractivity contribution in [1.29, 1.82) is 0 Å². The van der Waals surface area contributed by atoms with E-state index >= 15 is 0 Å². The first-order valence-corrected chi connectivity index (χ1v) is 6.96. The number of hydrogen-bond acceptors (Lipinski definition) is 3. The van der Waals surface area contributed by atoms with Crippen molar-refractivity contribution >= 4 is 5.91 Å². The van der Waals surface area contributed by atoms with Crippen LogP contribution in [0.15, 0.2) is 24.3 Å². The molecule has 19 heavy (non-hydrogen) atoms. The zero-order valence-corrected chi connectivity index (χ0v) is 11.1. The summed E-state index contributed by atoms with van der Waals surface area (Å²) < 4.78 is 0. The van der Waals surface area contributed by atoms with E-state index in [1.165, 1.54) is 0 Å². The van der Waals surface area contributed by atoms with Gasteiger partial charge >= 0.3 is 0 Å². The summed E-state index contributed by atoms with van der Waals surface area (Å²) in [6.07, 6.45) is 0.989. The van der Waals surface area contributed by atoms with Gasteiger partial charge in [-0.05, 0) is 31.0 Å². The van der Waals surface area contributed by atoms with Crippen LogP contribution in [0.4, 0.5) is 0 Å². The van der Waals surface area contributed by atoms with Gasteiger partial charge in [0.15, 0.2) is 0 Å². The van der Waals surface area contributed by atoms with Crippen LogP contribution in [-0.2, 0) is 11.2 Å². The summed E-state index contributed by atoms with van der Waals surface area (Å²) in [4.78, 5) is 12.3. The van der Waals surface area contributed by atoms with Crippen LogP contribution >= 0.6 is 0 Å².